The molecule has 0 aromatic heterocycles. The summed E-state index contributed by atoms with van der Waals surface area (Å²) in [6, 6.07) is 10.6. The number of amides is 1. The van der Waals surface area contributed by atoms with Crippen LogP contribution in [0.15, 0.2) is 48.5 Å². The lowest BCUT2D eigenvalue weighted by atomic mass is 10.2. The van der Waals surface area contributed by atoms with Gasteiger partial charge in [0.05, 0.1) is 12.2 Å². The molecule has 134 valence electrons. The highest BCUT2D eigenvalue weighted by Crippen LogP contribution is 2.32. The largest absolute Gasteiger partial charge is 0.457 e. The lowest BCUT2D eigenvalue weighted by Crippen LogP contribution is -2.35. The number of ether oxygens (including phenoxy) is 2. The van der Waals surface area contributed by atoms with Crippen molar-refractivity contribution in [1.29, 1.82) is 0 Å². The van der Waals surface area contributed by atoms with Crippen LogP contribution < -0.4 is 10.1 Å². The molecule has 1 amide bonds. The van der Waals surface area contributed by atoms with Crippen molar-refractivity contribution in [2.45, 2.75) is 19.1 Å². The fourth-order valence-electron chi connectivity index (χ4n) is 2.17. The summed E-state index contributed by atoms with van der Waals surface area (Å²) in [7, 11) is 1.53. The summed E-state index contributed by atoms with van der Waals surface area (Å²) in [6.45, 7) is 2.16. The van der Waals surface area contributed by atoms with Gasteiger partial charge in [-0.15, -0.1) is 0 Å². The van der Waals surface area contributed by atoms with Gasteiger partial charge in [-0.2, -0.15) is 13.2 Å². The molecule has 0 fully saturated rings. The van der Waals surface area contributed by atoms with Gasteiger partial charge in [-0.3, -0.25) is 4.79 Å². The molecular weight excluding hydrogens is 335 g/mol. The fraction of sp³-hybridized carbons (Fsp3) is 0.278. The summed E-state index contributed by atoms with van der Waals surface area (Å²) < 4.78 is 48.6. The van der Waals surface area contributed by atoms with Crippen LogP contribution in [-0.4, -0.2) is 25.7 Å². The molecule has 0 unspecified atom stereocenters. The molecule has 4 nitrogen and oxygen atoms in total. The molecule has 2 aromatic carbocycles. The van der Waals surface area contributed by atoms with Gasteiger partial charge in [0, 0.05) is 18.7 Å². The van der Waals surface area contributed by atoms with E-state index in [1.54, 1.807) is 25.1 Å². The number of halogens is 3. The minimum atomic E-state index is -4.45. The van der Waals surface area contributed by atoms with Gasteiger partial charge in [-0.25, -0.2) is 0 Å². The highest BCUT2D eigenvalue weighted by molar-refractivity contribution is 5.94. The Hall–Kier alpha value is -2.54. The molecule has 0 spiro atoms. The van der Waals surface area contributed by atoms with E-state index >= 15 is 0 Å². The van der Waals surface area contributed by atoms with E-state index in [0.29, 0.717) is 12.2 Å². The zero-order valence-corrected chi connectivity index (χ0v) is 13.8. The van der Waals surface area contributed by atoms with Crippen molar-refractivity contribution in [3.8, 4) is 11.5 Å². The highest BCUT2D eigenvalue weighted by Gasteiger charge is 2.30. The van der Waals surface area contributed by atoms with Crippen LogP contribution in [0.25, 0.3) is 0 Å². The number of carbonyl (C=O) groups is 1. The Kier molecular flexibility index (Phi) is 6.03. The molecular formula is C18H18F3NO3. The summed E-state index contributed by atoms with van der Waals surface area (Å²) >= 11 is 0. The predicted octanol–water partition coefficient (Wildman–Crippen LogP) is 4.26. The summed E-state index contributed by atoms with van der Waals surface area (Å²) in [6.07, 6.45) is -4.45. The predicted molar refractivity (Wildman–Crippen MR) is 86.8 cm³/mol. The van der Waals surface area contributed by atoms with Gasteiger partial charge in [-0.1, -0.05) is 12.1 Å². The molecule has 0 aliphatic carbocycles. The van der Waals surface area contributed by atoms with Crippen LogP contribution >= 0.6 is 0 Å². The molecule has 0 aliphatic rings. The molecule has 7 heteroatoms. The maximum atomic E-state index is 12.7. The smallest absolute Gasteiger partial charge is 0.416 e. The Morgan fingerprint density at radius 2 is 1.76 bits per heavy atom. The number of methoxy groups -OCH3 is 1. The fourth-order valence-corrected chi connectivity index (χ4v) is 2.17. The number of rotatable bonds is 6. The lowest BCUT2D eigenvalue weighted by molar-refractivity contribution is -0.137. The van der Waals surface area contributed by atoms with Crippen molar-refractivity contribution >= 4 is 5.91 Å². The topological polar surface area (TPSA) is 47.6 Å². The van der Waals surface area contributed by atoms with E-state index in [-0.39, 0.29) is 23.4 Å². The van der Waals surface area contributed by atoms with Crippen molar-refractivity contribution in [1.82, 2.24) is 5.32 Å². The second-order valence-electron chi connectivity index (χ2n) is 5.49. The van der Waals surface area contributed by atoms with Crippen molar-refractivity contribution in [2.24, 2.45) is 0 Å². The Morgan fingerprint density at radius 3 is 2.40 bits per heavy atom. The quantitative estimate of drug-likeness (QED) is 0.844. The number of carbonyl (C=O) groups excluding carboxylic acids is 1. The summed E-state index contributed by atoms with van der Waals surface area (Å²) in [5.41, 5.74) is -0.459. The van der Waals surface area contributed by atoms with Crippen LogP contribution in [0.1, 0.15) is 22.8 Å². The van der Waals surface area contributed by atoms with E-state index in [0.717, 1.165) is 12.1 Å². The average molecular weight is 353 g/mol. The van der Waals surface area contributed by atoms with E-state index in [1.165, 1.54) is 25.3 Å². The van der Waals surface area contributed by atoms with E-state index in [4.69, 9.17) is 9.47 Å². The normalized spacial score (nSPS) is 12.5. The van der Waals surface area contributed by atoms with Gasteiger partial charge in [0.2, 0.25) is 0 Å². The van der Waals surface area contributed by atoms with Gasteiger partial charge in [0.1, 0.15) is 11.5 Å². The Morgan fingerprint density at radius 1 is 1.12 bits per heavy atom. The number of nitrogens with one attached hydrogen (secondary N) is 1. The monoisotopic (exact) mass is 353 g/mol. The Labute approximate surface area is 143 Å². The van der Waals surface area contributed by atoms with Gasteiger partial charge in [0.25, 0.3) is 5.91 Å². The first-order chi connectivity index (χ1) is 11.8. The third-order valence-electron chi connectivity index (χ3n) is 3.29. The van der Waals surface area contributed by atoms with Crippen LogP contribution in [0.5, 0.6) is 11.5 Å². The third-order valence-corrected chi connectivity index (χ3v) is 3.29. The van der Waals surface area contributed by atoms with Crippen molar-refractivity contribution in [3.63, 3.8) is 0 Å². The first kappa shape index (κ1) is 18.8. The molecule has 1 N–H and O–H groups in total. The third kappa shape index (κ3) is 5.49. The van der Waals surface area contributed by atoms with Crippen LogP contribution in [-0.2, 0) is 10.9 Å². The molecule has 2 rings (SSSR count). The molecule has 2 aromatic rings. The second kappa shape index (κ2) is 8.02. The Balaban J connectivity index is 2.13. The van der Waals surface area contributed by atoms with Crippen LogP contribution in [0, 0.1) is 0 Å². The van der Waals surface area contributed by atoms with Crippen molar-refractivity contribution < 1.29 is 27.4 Å². The zero-order chi connectivity index (χ0) is 18.4. The van der Waals surface area contributed by atoms with Gasteiger partial charge in [-0.05, 0) is 43.3 Å². The van der Waals surface area contributed by atoms with Crippen LogP contribution in [0.4, 0.5) is 13.2 Å². The second-order valence-corrected chi connectivity index (χ2v) is 5.49. The van der Waals surface area contributed by atoms with E-state index < -0.39 is 11.7 Å². The molecule has 1 atom stereocenters. The van der Waals surface area contributed by atoms with Crippen LogP contribution in [0.2, 0.25) is 0 Å². The van der Waals surface area contributed by atoms with E-state index in [1.807, 2.05) is 0 Å². The molecule has 0 saturated heterocycles. The maximum absolute atomic E-state index is 12.7. The SMILES string of the molecule is COC[C@H](C)NC(=O)c1cccc(Oc2cccc(C(F)(F)F)c2)c1. The lowest BCUT2D eigenvalue weighted by Gasteiger charge is -2.13. The van der Waals surface area contributed by atoms with Crippen molar-refractivity contribution in [3.05, 3.63) is 59.7 Å². The van der Waals surface area contributed by atoms with E-state index in [2.05, 4.69) is 5.32 Å². The first-order valence-electron chi connectivity index (χ1n) is 7.54. The maximum Gasteiger partial charge on any atom is 0.416 e. The minimum Gasteiger partial charge on any atom is -0.457 e. The molecule has 0 aliphatic heterocycles. The number of hydrogen-bond acceptors (Lipinski definition) is 3. The number of hydrogen-bond donors (Lipinski definition) is 1. The molecule has 25 heavy (non-hydrogen) atoms. The highest BCUT2D eigenvalue weighted by atomic mass is 19.4. The van der Waals surface area contributed by atoms with Gasteiger partial charge < -0.3 is 14.8 Å². The molecule has 0 heterocycles. The molecule has 0 radical (unpaired) electrons. The van der Waals surface area contributed by atoms with Gasteiger partial charge >= 0.3 is 6.18 Å². The zero-order valence-electron chi connectivity index (χ0n) is 13.8. The molecule has 0 saturated carbocycles. The minimum absolute atomic E-state index is 0.0418. The summed E-state index contributed by atoms with van der Waals surface area (Å²) in [4.78, 5) is 12.1. The standard InChI is InChI=1S/C18H18F3NO3/c1-12(11-24-2)22-17(23)13-5-3-7-15(9-13)25-16-8-4-6-14(10-16)18(19,20)21/h3-10,12H,11H2,1-2H3,(H,22,23)/t12-/m0/s1. The number of alkyl halides is 3. The average Bonchev–Trinajstić information content (AvgIpc) is 2.55. The van der Waals surface area contributed by atoms with E-state index in [9.17, 15) is 18.0 Å². The van der Waals surface area contributed by atoms with Crippen molar-refractivity contribution in [2.75, 3.05) is 13.7 Å². The first-order valence-corrected chi connectivity index (χ1v) is 7.54. The number of benzene rings is 2. The Bertz CT molecular complexity index is 732. The summed E-state index contributed by atoms with van der Waals surface area (Å²) in [5.74, 6) is -0.00875. The summed E-state index contributed by atoms with van der Waals surface area (Å²) in [5, 5.41) is 2.75. The van der Waals surface area contributed by atoms with Gasteiger partial charge in [0.15, 0.2) is 0 Å². The molecule has 0 bridgehead atoms. The van der Waals surface area contributed by atoms with Crippen LogP contribution in [0.3, 0.4) is 0 Å².